The highest BCUT2D eigenvalue weighted by atomic mass is 16.5. The molecule has 2 heteroatoms. The Morgan fingerprint density at radius 2 is 1.93 bits per heavy atom. The summed E-state index contributed by atoms with van der Waals surface area (Å²) in [6, 6.07) is 6.39. The van der Waals surface area contributed by atoms with Gasteiger partial charge in [0.1, 0.15) is 5.75 Å². The van der Waals surface area contributed by atoms with Crippen LogP contribution in [0.3, 0.4) is 0 Å². The Morgan fingerprint density at radius 1 is 1.27 bits per heavy atom. The van der Waals surface area contributed by atoms with Crippen LogP contribution in [0.1, 0.15) is 31.9 Å². The maximum absolute atomic E-state index is 5.82. The number of hydrogen-bond donors (Lipinski definition) is 1. The van der Waals surface area contributed by atoms with Crippen LogP contribution in [-0.4, -0.2) is 12.1 Å². The van der Waals surface area contributed by atoms with Crippen LogP contribution in [0, 0.1) is 6.92 Å². The van der Waals surface area contributed by atoms with Crippen LogP contribution < -0.4 is 10.5 Å². The SMILES string of the molecule is Cc1cccc(CC(C)N)c1OC(C)C. The van der Waals surface area contributed by atoms with Crippen LogP contribution in [0.25, 0.3) is 0 Å². The number of nitrogens with two attached hydrogens (primary N) is 1. The maximum atomic E-state index is 5.82. The predicted octanol–water partition coefficient (Wildman–Crippen LogP) is 2.67. The average Bonchev–Trinajstić information content (AvgIpc) is 2.09. The number of aryl methyl sites for hydroxylation is 1. The van der Waals surface area contributed by atoms with Gasteiger partial charge in [0.15, 0.2) is 0 Å². The predicted molar refractivity (Wildman–Crippen MR) is 64.3 cm³/mol. The molecule has 0 spiro atoms. The van der Waals surface area contributed by atoms with E-state index in [2.05, 4.69) is 25.1 Å². The monoisotopic (exact) mass is 207 g/mol. The molecule has 15 heavy (non-hydrogen) atoms. The van der Waals surface area contributed by atoms with Gasteiger partial charge < -0.3 is 10.5 Å². The first-order valence-electron chi connectivity index (χ1n) is 5.51. The summed E-state index contributed by atoms with van der Waals surface area (Å²) in [4.78, 5) is 0. The Kier molecular flexibility index (Phi) is 4.15. The fourth-order valence-corrected chi connectivity index (χ4v) is 1.63. The third kappa shape index (κ3) is 3.56. The normalized spacial score (nSPS) is 12.9. The number of rotatable bonds is 4. The first-order chi connectivity index (χ1) is 7.00. The van der Waals surface area contributed by atoms with E-state index in [0.29, 0.717) is 0 Å². The lowest BCUT2D eigenvalue weighted by atomic mass is 10.0. The van der Waals surface area contributed by atoms with Gasteiger partial charge in [0.05, 0.1) is 6.10 Å². The van der Waals surface area contributed by atoms with Gasteiger partial charge in [-0.3, -0.25) is 0 Å². The molecule has 1 rings (SSSR count). The van der Waals surface area contributed by atoms with Crippen molar-refractivity contribution in [2.75, 3.05) is 0 Å². The molecule has 1 aromatic rings. The smallest absolute Gasteiger partial charge is 0.125 e. The van der Waals surface area contributed by atoms with Crippen LogP contribution >= 0.6 is 0 Å². The summed E-state index contributed by atoms with van der Waals surface area (Å²) in [6.45, 7) is 8.17. The van der Waals surface area contributed by atoms with Crippen LogP contribution in [0.4, 0.5) is 0 Å². The molecule has 2 nitrogen and oxygen atoms in total. The highest BCUT2D eigenvalue weighted by Crippen LogP contribution is 2.25. The lowest BCUT2D eigenvalue weighted by molar-refractivity contribution is 0.238. The summed E-state index contributed by atoms with van der Waals surface area (Å²) >= 11 is 0. The largest absolute Gasteiger partial charge is 0.490 e. The molecule has 0 aliphatic carbocycles. The van der Waals surface area contributed by atoms with E-state index < -0.39 is 0 Å². The van der Waals surface area contributed by atoms with Crippen molar-refractivity contribution < 1.29 is 4.74 Å². The molecule has 0 aliphatic rings. The topological polar surface area (TPSA) is 35.2 Å². The van der Waals surface area contributed by atoms with Gasteiger partial charge in [0.25, 0.3) is 0 Å². The molecule has 0 fully saturated rings. The molecule has 2 N–H and O–H groups in total. The minimum Gasteiger partial charge on any atom is -0.490 e. The van der Waals surface area contributed by atoms with Gasteiger partial charge in [-0.1, -0.05) is 18.2 Å². The summed E-state index contributed by atoms with van der Waals surface area (Å²) in [5.41, 5.74) is 8.21. The van der Waals surface area contributed by atoms with Crippen molar-refractivity contribution in [2.45, 2.75) is 46.3 Å². The second-order valence-electron chi connectivity index (χ2n) is 4.41. The third-order valence-electron chi connectivity index (χ3n) is 2.19. The lowest BCUT2D eigenvalue weighted by Gasteiger charge is -2.17. The minimum atomic E-state index is 0.168. The van der Waals surface area contributed by atoms with Crippen molar-refractivity contribution in [1.82, 2.24) is 0 Å². The van der Waals surface area contributed by atoms with Crippen LogP contribution in [0.15, 0.2) is 18.2 Å². The fourth-order valence-electron chi connectivity index (χ4n) is 1.63. The summed E-state index contributed by atoms with van der Waals surface area (Å²) < 4.78 is 5.82. The Morgan fingerprint density at radius 3 is 2.47 bits per heavy atom. The third-order valence-corrected chi connectivity index (χ3v) is 2.19. The van der Waals surface area contributed by atoms with Gasteiger partial charge in [-0.25, -0.2) is 0 Å². The molecule has 0 radical (unpaired) electrons. The van der Waals surface area contributed by atoms with E-state index in [1.165, 1.54) is 11.1 Å². The molecular formula is C13H21NO. The van der Waals surface area contributed by atoms with Crippen molar-refractivity contribution in [3.05, 3.63) is 29.3 Å². The van der Waals surface area contributed by atoms with Gasteiger partial charge in [0.2, 0.25) is 0 Å². The van der Waals surface area contributed by atoms with E-state index in [0.717, 1.165) is 12.2 Å². The van der Waals surface area contributed by atoms with Crippen molar-refractivity contribution in [1.29, 1.82) is 0 Å². The van der Waals surface area contributed by atoms with Crippen molar-refractivity contribution in [3.63, 3.8) is 0 Å². The van der Waals surface area contributed by atoms with Crippen molar-refractivity contribution in [2.24, 2.45) is 5.73 Å². The second kappa shape index (κ2) is 5.17. The molecule has 1 unspecified atom stereocenters. The zero-order chi connectivity index (χ0) is 11.4. The Balaban J connectivity index is 2.97. The Hall–Kier alpha value is -1.02. The molecule has 84 valence electrons. The van der Waals surface area contributed by atoms with E-state index >= 15 is 0 Å². The molecule has 1 atom stereocenters. The molecule has 1 aromatic carbocycles. The molecule has 0 bridgehead atoms. The number of hydrogen-bond acceptors (Lipinski definition) is 2. The fraction of sp³-hybridized carbons (Fsp3) is 0.538. The zero-order valence-corrected chi connectivity index (χ0v) is 10.1. The van der Waals surface area contributed by atoms with Gasteiger partial charge in [0, 0.05) is 6.04 Å². The van der Waals surface area contributed by atoms with Crippen molar-refractivity contribution >= 4 is 0 Å². The number of ether oxygens (including phenoxy) is 1. The molecular weight excluding hydrogens is 186 g/mol. The van der Waals surface area contributed by atoms with Crippen LogP contribution in [-0.2, 0) is 6.42 Å². The molecule has 0 aromatic heterocycles. The molecule has 0 amide bonds. The standard InChI is InChI=1S/C13H21NO/c1-9(2)15-13-10(3)6-5-7-12(13)8-11(4)14/h5-7,9,11H,8,14H2,1-4H3. The number of para-hydroxylation sites is 1. The van der Waals surface area contributed by atoms with Crippen LogP contribution in [0.2, 0.25) is 0 Å². The average molecular weight is 207 g/mol. The second-order valence-corrected chi connectivity index (χ2v) is 4.41. The first kappa shape index (κ1) is 12.1. The highest BCUT2D eigenvalue weighted by Gasteiger charge is 2.09. The van der Waals surface area contributed by atoms with Gasteiger partial charge >= 0.3 is 0 Å². The van der Waals surface area contributed by atoms with Crippen molar-refractivity contribution in [3.8, 4) is 5.75 Å². The summed E-state index contributed by atoms with van der Waals surface area (Å²) in [6.07, 6.45) is 1.07. The summed E-state index contributed by atoms with van der Waals surface area (Å²) in [7, 11) is 0. The minimum absolute atomic E-state index is 0.168. The zero-order valence-electron chi connectivity index (χ0n) is 10.1. The van der Waals surface area contributed by atoms with E-state index in [4.69, 9.17) is 10.5 Å². The Bertz CT molecular complexity index is 318. The Labute approximate surface area is 92.4 Å². The molecule has 0 heterocycles. The van der Waals surface area contributed by atoms with Crippen LogP contribution in [0.5, 0.6) is 5.75 Å². The van der Waals surface area contributed by atoms with Gasteiger partial charge in [-0.2, -0.15) is 0 Å². The molecule has 0 saturated carbocycles. The van der Waals surface area contributed by atoms with E-state index in [1.54, 1.807) is 0 Å². The van der Waals surface area contributed by atoms with E-state index in [-0.39, 0.29) is 12.1 Å². The summed E-state index contributed by atoms with van der Waals surface area (Å²) in [5, 5.41) is 0. The summed E-state index contributed by atoms with van der Waals surface area (Å²) in [5.74, 6) is 1.00. The van der Waals surface area contributed by atoms with E-state index in [1.807, 2.05) is 20.8 Å². The highest BCUT2D eigenvalue weighted by molar-refractivity contribution is 5.41. The quantitative estimate of drug-likeness (QED) is 0.823. The molecule has 0 aliphatic heterocycles. The number of benzene rings is 1. The van der Waals surface area contributed by atoms with E-state index in [9.17, 15) is 0 Å². The lowest BCUT2D eigenvalue weighted by Crippen LogP contribution is -2.19. The van der Waals surface area contributed by atoms with Gasteiger partial charge in [-0.05, 0) is 45.2 Å². The maximum Gasteiger partial charge on any atom is 0.125 e. The molecule has 0 saturated heterocycles. The first-order valence-corrected chi connectivity index (χ1v) is 5.51. The van der Waals surface area contributed by atoms with Gasteiger partial charge in [-0.15, -0.1) is 0 Å².